The lowest BCUT2D eigenvalue weighted by Crippen LogP contribution is -2.43. The Morgan fingerprint density at radius 3 is 3.12 bits per heavy atom. The van der Waals surface area contributed by atoms with E-state index < -0.39 is 0 Å². The van der Waals surface area contributed by atoms with Gasteiger partial charge in [-0.05, 0) is 50.5 Å². The molecule has 1 amide bonds. The summed E-state index contributed by atoms with van der Waals surface area (Å²) >= 11 is 1.76. The number of nitrogens with zero attached hydrogens (tertiary/aromatic N) is 5. The number of rotatable bonds is 2. The van der Waals surface area contributed by atoms with Crippen LogP contribution < -0.4 is 0 Å². The summed E-state index contributed by atoms with van der Waals surface area (Å²) in [6.07, 6.45) is 9.45. The summed E-state index contributed by atoms with van der Waals surface area (Å²) in [6, 6.07) is 0.316. The smallest absolute Gasteiger partial charge is 0.293 e. The van der Waals surface area contributed by atoms with Gasteiger partial charge in [-0.15, -0.1) is 16.4 Å². The first-order valence-corrected chi connectivity index (χ1v) is 10.0. The van der Waals surface area contributed by atoms with Crippen molar-refractivity contribution >= 4 is 33.1 Å². The van der Waals surface area contributed by atoms with Gasteiger partial charge in [0.15, 0.2) is 5.65 Å². The largest absolute Gasteiger partial charge is 0.333 e. The summed E-state index contributed by atoms with van der Waals surface area (Å²) in [5.74, 6) is 0.280. The van der Waals surface area contributed by atoms with Crippen molar-refractivity contribution in [2.45, 2.75) is 57.9 Å². The summed E-state index contributed by atoms with van der Waals surface area (Å²) in [7, 11) is 0. The Balaban J connectivity index is 1.60. The van der Waals surface area contributed by atoms with Crippen LogP contribution in [0.3, 0.4) is 0 Å². The highest BCUT2D eigenvalue weighted by molar-refractivity contribution is 7.19. The van der Waals surface area contributed by atoms with E-state index in [0.29, 0.717) is 11.9 Å². The van der Waals surface area contributed by atoms with Gasteiger partial charge in [0, 0.05) is 17.5 Å². The van der Waals surface area contributed by atoms with Crippen molar-refractivity contribution in [1.29, 1.82) is 0 Å². The molecule has 1 saturated heterocycles. The molecule has 0 saturated carbocycles. The number of fused-ring (bicyclic) bond motifs is 5. The molecule has 5 rings (SSSR count). The molecule has 1 aliphatic heterocycles. The van der Waals surface area contributed by atoms with Crippen LogP contribution in [-0.4, -0.2) is 43.0 Å². The number of amides is 1. The fourth-order valence-electron chi connectivity index (χ4n) is 4.30. The minimum atomic E-state index is -0.0322. The highest BCUT2D eigenvalue weighted by atomic mass is 32.1. The lowest BCUT2D eigenvalue weighted by Gasteiger charge is -2.34. The van der Waals surface area contributed by atoms with Gasteiger partial charge >= 0.3 is 0 Å². The van der Waals surface area contributed by atoms with Crippen LogP contribution >= 0.6 is 11.3 Å². The zero-order chi connectivity index (χ0) is 17.0. The van der Waals surface area contributed by atoms with Crippen LogP contribution in [-0.2, 0) is 12.8 Å². The Kier molecular flexibility index (Phi) is 3.51. The number of aromatic nitrogens is 4. The van der Waals surface area contributed by atoms with E-state index in [9.17, 15) is 4.79 Å². The second-order valence-corrected chi connectivity index (χ2v) is 8.13. The van der Waals surface area contributed by atoms with E-state index in [-0.39, 0.29) is 5.91 Å². The lowest BCUT2D eigenvalue weighted by molar-refractivity contribution is 0.0595. The van der Waals surface area contributed by atoms with Crippen LogP contribution in [0.5, 0.6) is 0 Å². The van der Waals surface area contributed by atoms with Crippen molar-refractivity contribution in [3.8, 4) is 0 Å². The Hall–Kier alpha value is -2.02. The van der Waals surface area contributed by atoms with Crippen LogP contribution in [0, 0.1) is 0 Å². The van der Waals surface area contributed by atoms with E-state index in [1.54, 1.807) is 22.2 Å². The van der Waals surface area contributed by atoms with E-state index in [2.05, 4.69) is 22.0 Å². The van der Waals surface area contributed by atoms with Gasteiger partial charge in [0.2, 0.25) is 5.82 Å². The molecule has 3 aromatic rings. The molecule has 2 aliphatic rings. The number of carbonyl (C=O) groups excluding carboxylic acids is 1. The predicted molar refractivity (Wildman–Crippen MR) is 97.2 cm³/mol. The maximum absolute atomic E-state index is 13.0. The first kappa shape index (κ1) is 15.3. The Labute approximate surface area is 149 Å². The molecule has 4 heterocycles. The molecule has 1 atom stereocenters. The molecule has 0 bridgehead atoms. The van der Waals surface area contributed by atoms with Crippen molar-refractivity contribution < 1.29 is 4.79 Å². The number of hydrogen-bond donors (Lipinski definition) is 0. The zero-order valence-corrected chi connectivity index (χ0v) is 15.2. The minimum Gasteiger partial charge on any atom is -0.333 e. The molecule has 0 unspecified atom stereocenters. The van der Waals surface area contributed by atoms with E-state index >= 15 is 0 Å². The van der Waals surface area contributed by atoms with Crippen LogP contribution in [0.4, 0.5) is 0 Å². The van der Waals surface area contributed by atoms with Crippen LogP contribution in [0.2, 0.25) is 0 Å². The zero-order valence-electron chi connectivity index (χ0n) is 14.4. The molecule has 3 aromatic heterocycles. The molecular weight excluding hydrogens is 334 g/mol. The molecule has 1 fully saturated rings. The summed E-state index contributed by atoms with van der Waals surface area (Å²) in [5, 5.41) is 5.58. The number of aryl methyl sites for hydroxylation is 2. The summed E-state index contributed by atoms with van der Waals surface area (Å²) in [6.45, 7) is 2.96. The normalized spacial score (nSPS) is 20.5. The molecule has 7 heteroatoms. The van der Waals surface area contributed by atoms with Crippen LogP contribution in [0.25, 0.3) is 15.9 Å². The summed E-state index contributed by atoms with van der Waals surface area (Å²) in [5.41, 5.74) is 2.16. The van der Waals surface area contributed by atoms with Gasteiger partial charge in [-0.25, -0.2) is 14.5 Å². The van der Waals surface area contributed by atoms with Gasteiger partial charge in [-0.1, -0.05) is 6.92 Å². The second kappa shape index (κ2) is 5.76. The molecule has 130 valence electrons. The van der Waals surface area contributed by atoms with Gasteiger partial charge in [0.05, 0.1) is 5.39 Å². The van der Waals surface area contributed by atoms with Gasteiger partial charge in [0.25, 0.3) is 5.91 Å². The molecule has 0 N–H and O–H groups in total. The second-order valence-electron chi connectivity index (χ2n) is 7.04. The monoisotopic (exact) mass is 355 g/mol. The van der Waals surface area contributed by atoms with Gasteiger partial charge in [0.1, 0.15) is 11.2 Å². The standard InChI is InChI=1S/C18H21N5OS/c1-2-11-6-3-4-9-22(11)18(24)15-20-16-14-12-7-5-8-13(12)25-17(14)19-10-23(16)21-15/h10-11H,2-9H2,1H3/t11-/m0/s1. The predicted octanol–water partition coefficient (Wildman–Crippen LogP) is 3.23. The maximum atomic E-state index is 13.0. The molecule has 6 nitrogen and oxygen atoms in total. The van der Waals surface area contributed by atoms with Crippen molar-refractivity contribution in [3.05, 3.63) is 22.6 Å². The fraction of sp³-hybridized carbons (Fsp3) is 0.556. The molecule has 0 spiro atoms. The lowest BCUT2D eigenvalue weighted by atomic mass is 10.00. The molecule has 1 aliphatic carbocycles. The van der Waals surface area contributed by atoms with Crippen LogP contribution in [0.1, 0.15) is 60.1 Å². The highest BCUT2D eigenvalue weighted by Gasteiger charge is 2.29. The van der Waals surface area contributed by atoms with Crippen LogP contribution in [0.15, 0.2) is 6.33 Å². The van der Waals surface area contributed by atoms with E-state index in [4.69, 9.17) is 0 Å². The maximum Gasteiger partial charge on any atom is 0.293 e. The average molecular weight is 355 g/mol. The third kappa shape index (κ3) is 2.28. The SMILES string of the molecule is CC[C@H]1CCCCN1C(=O)c1nc2c3c4c(sc3ncn2n1)CCC4. The van der Waals surface area contributed by atoms with Crippen molar-refractivity contribution in [1.82, 2.24) is 24.5 Å². The third-order valence-corrected chi connectivity index (χ3v) is 6.79. The minimum absolute atomic E-state index is 0.0322. The number of thiophene rings is 1. The molecule has 0 aromatic carbocycles. The topological polar surface area (TPSA) is 63.4 Å². The Morgan fingerprint density at radius 1 is 1.32 bits per heavy atom. The first-order chi connectivity index (χ1) is 12.3. The highest BCUT2D eigenvalue weighted by Crippen LogP contribution is 2.37. The number of likely N-dealkylation sites (tertiary alicyclic amines) is 1. The fourth-order valence-corrected chi connectivity index (χ4v) is 5.53. The van der Waals surface area contributed by atoms with Crippen molar-refractivity contribution in [2.75, 3.05) is 6.54 Å². The van der Waals surface area contributed by atoms with E-state index in [1.807, 2.05) is 4.90 Å². The first-order valence-electron chi connectivity index (χ1n) is 9.23. The van der Waals surface area contributed by atoms with E-state index in [1.165, 1.54) is 23.3 Å². The third-order valence-electron chi connectivity index (χ3n) is 5.59. The van der Waals surface area contributed by atoms with E-state index in [0.717, 1.165) is 54.5 Å². The molecular formula is C18H21N5OS. The van der Waals surface area contributed by atoms with Gasteiger partial charge < -0.3 is 4.90 Å². The quantitative estimate of drug-likeness (QED) is 0.708. The number of piperidine rings is 1. The molecule has 25 heavy (non-hydrogen) atoms. The van der Waals surface area contributed by atoms with Crippen molar-refractivity contribution in [3.63, 3.8) is 0 Å². The van der Waals surface area contributed by atoms with Gasteiger partial charge in [-0.3, -0.25) is 4.79 Å². The Morgan fingerprint density at radius 2 is 2.24 bits per heavy atom. The summed E-state index contributed by atoms with van der Waals surface area (Å²) < 4.78 is 1.69. The molecule has 0 radical (unpaired) electrons. The van der Waals surface area contributed by atoms with Gasteiger partial charge in [-0.2, -0.15) is 0 Å². The summed E-state index contributed by atoms with van der Waals surface area (Å²) in [4.78, 5) is 26.6. The average Bonchev–Trinajstić information content (AvgIpc) is 3.33. The van der Waals surface area contributed by atoms with Crippen molar-refractivity contribution in [2.24, 2.45) is 0 Å². The number of hydrogen-bond acceptors (Lipinski definition) is 5. The Bertz CT molecular complexity index is 975. The number of carbonyl (C=O) groups is 1.